The minimum Gasteiger partial charge on any atom is -0.493 e. The van der Waals surface area contributed by atoms with Gasteiger partial charge in [0, 0.05) is 18.3 Å². The van der Waals surface area contributed by atoms with Crippen molar-refractivity contribution in [1.82, 2.24) is 5.32 Å². The summed E-state index contributed by atoms with van der Waals surface area (Å²) in [6.45, 7) is 1.78. The van der Waals surface area contributed by atoms with Crippen molar-refractivity contribution >= 4 is 23.4 Å². The highest BCUT2D eigenvalue weighted by atomic mass is 35.5. The Labute approximate surface area is 122 Å². The summed E-state index contributed by atoms with van der Waals surface area (Å²) in [6, 6.07) is 3.50. The molecule has 1 fully saturated rings. The van der Waals surface area contributed by atoms with Crippen molar-refractivity contribution < 1.29 is 19.1 Å². The van der Waals surface area contributed by atoms with Crippen LogP contribution in [0.15, 0.2) is 12.1 Å². The number of ether oxygens (including phenoxy) is 2. The van der Waals surface area contributed by atoms with E-state index >= 15 is 0 Å². The summed E-state index contributed by atoms with van der Waals surface area (Å²) < 4.78 is 10.4. The molecule has 1 aromatic rings. The van der Waals surface area contributed by atoms with Gasteiger partial charge in [-0.2, -0.15) is 0 Å². The molecule has 1 aliphatic rings. The van der Waals surface area contributed by atoms with E-state index in [1.54, 1.807) is 19.1 Å². The maximum atomic E-state index is 11.7. The van der Waals surface area contributed by atoms with Crippen LogP contribution in [0.3, 0.4) is 0 Å². The van der Waals surface area contributed by atoms with Gasteiger partial charge in [0.2, 0.25) is 11.8 Å². The van der Waals surface area contributed by atoms with Crippen LogP contribution in [0.5, 0.6) is 11.5 Å². The minimum atomic E-state index is -0.330. The van der Waals surface area contributed by atoms with E-state index in [1.807, 2.05) is 0 Å². The van der Waals surface area contributed by atoms with Crippen LogP contribution in [0.2, 0.25) is 5.02 Å². The Balaban J connectivity index is 2.47. The Morgan fingerprint density at radius 2 is 1.95 bits per heavy atom. The second-order valence-corrected chi connectivity index (χ2v) is 5.09. The van der Waals surface area contributed by atoms with Gasteiger partial charge in [-0.15, -0.1) is 0 Å². The lowest BCUT2D eigenvalue weighted by Crippen LogP contribution is -2.43. The largest absolute Gasteiger partial charge is 0.493 e. The molecule has 0 radical (unpaired) electrons. The normalized spacial score (nSPS) is 22.4. The van der Waals surface area contributed by atoms with Gasteiger partial charge in [-0.1, -0.05) is 24.6 Å². The van der Waals surface area contributed by atoms with Crippen molar-refractivity contribution in [3.8, 4) is 11.5 Å². The number of halogens is 1. The van der Waals surface area contributed by atoms with Crippen molar-refractivity contribution in [3.63, 3.8) is 0 Å². The number of hydrogen-bond donors (Lipinski definition) is 1. The quantitative estimate of drug-likeness (QED) is 0.868. The van der Waals surface area contributed by atoms with Gasteiger partial charge >= 0.3 is 0 Å². The van der Waals surface area contributed by atoms with Gasteiger partial charge in [0.15, 0.2) is 11.5 Å². The van der Waals surface area contributed by atoms with Gasteiger partial charge in [-0.25, -0.2) is 0 Å². The summed E-state index contributed by atoms with van der Waals surface area (Å²) in [5.74, 6) is -0.231. The van der Waals surface area contributed by atoms with Crippen molar-refractivity contribution in [2.24, 2.45) is 5.92 Å². The van der Waals surface area contributed by atoms with Crippen LogP contribution in [0.1, 0.15) is 24.8 Å². The van der Waals surface area contributed by atoms with Gasteiger partial charge in [0.25, 0.3) is 0 Å². The molecule has 1 saturated heterocycles. The lowest BCUT2D eigenvalue weighted by atomic mass is 9.81. The fourth-order valence-electron chi connectivity index (χ4n) is 2.43. The van der Waals surface area contributed by atoms with Crippen LogP contribution in [0.4, 0.5) is 0 Å². The van der Waals surface area contributed by atoms with E-state index in [9.17, 15) is 9.59 Å². The molecule has 2 amide bonds. The molecule has 1 N–H and O–H groups in total. The Kier molecular flexibility index (Phi) is 4.18. The average Bonchev–Trinajstić information content (AvgIpc) is 2.42. The zero-order valence-electron chi connectivity index (χ0n) is 11.5. The smallest absolute Gasteiger partial charge is 0.230 e. The first-order valence-electron chi connectivity index (χ1n) is 6.23. The highest BCUT2D eigenvalue weighted by Gasteiger charge is 2.35. The maximum absolute atomic E-state index is 11.7. The third kappa shape index (κ3) is 2.45. The first kappa shape index (κ1) is 14.7. The fraction of sp³-hybridized carbons (Fsp3) is 0.429. The predicted molar refractivity (Wildman–Crippen MR) is 74.2 cm³/mol. The molecule has 0 saturated carbocycles. The van der Waals surface area contributed by atoms with Crippen LogP contribution < -0.4 is 14.8 Å². The molecule has 0 spiro atoms. The molecule has 0 aromatic heterocycles. The zero-order valence-corrected chi connectivity index (χ0v) is 12.3. The number of carbonyl (C=O) groups is 2. The molecular formula is C14H16ClNO4. The van der Waals surface area contributed by atoms with E-state index in [4.69, 9.17) is 21.1 Å². The molecule has 1 aliphatic heterocycles. The second-order valence-electron chi connectivity index (χ2n) is 4.72. The molecule has 108 valence electrons. The van der Waals surface area contributed by atoms with E-state index in [2.05, 4.69) is 5.32 Å². The highest BCUT2D eigenvalue weighted by Crippen LogP contribution is 2.43. The van der Waals surface area contributed by atoms with E-state index in [0.29, 0.717) is 16.5 Å². The number of hydrogen-bond acceptors (Lipinski definition) is 4. The van der Waals surface area contributed by atoms with E-state index < -0.39 is 0 Å². The number of benzene rings is 1. The monoisotopic (exact) mass is 297 g/mol. The van der Waals surface area contributed by atoms with Gasteiger partial charge in [-0.3, -0.25) is 14.9 Å². The van der Waals surface area contributed by atoms with Crippen molar-refractivity contribution in [1.29, 1.82) is 0 Å². The first-order chi connectivity index (χ1) is 9.49. The van der Waals surface area contributed by atoms with Gasteiger partial charge in [-0.05, 0) is 11.6 Å². The number of piperidine rings is 1. The highest BCUT2D eigenvalue weighted by molar-refractivity contribution is 6.33. The Hall–Kier alpha value is -1.75. The maximum Gasteiger partial charge on any atom is 0.230 e. The zero-order chi connectivity index (χ0) is 14.9. The third-order valence-electron chi connectivity index (χ3n) is 3.60. The lowest BCUT2D eigenvalue weighted by Gasteiger charge is -2.29. The molecule has 0 aliphatic carbocycles. The summed E-state index contributed by atoms with van der Waals surface area (Å²) in [6.07, 6.45) is 0.224. The fourth-order valence-corrected chi connectivity index (χ4v) is 2.81. The lowest BCUT2D eigenvalue weighted by molar-refractivity contribution is -0.136. The van der Waals surface area contributed by atoms with Gasteiger partial charge in [0.1, 0.15) is 0 Å². The number of imide groups is 1. The molecule has 20 heavy (non-hydrogen) atoms. The Morgan fingerprint density at radius 3 is 2.55 bits per heavy atom. The number of amides is 2. The van der Waals surface area contributed by atoms with E-state index in [0.717, 1.165) is 5.56 Å². The summed E-state index contributed by atoms with van der Waals surface area (Å²) in [7, 11) is 3.02. The molecule has 1 aromatic carbocycles. The van der Waals surface area contributed by atoms with Crippen LogP contribution in [0, 0.1) is 5.92 Å². The van der Waals surface area contributed by atoms with Crippen molar-refractivity contribution in [3.05, 3.63) is 22.7 Å². The second kappa shape index (κ2) is 5.71. The Morgan fingerprint density at radius 1 is 1.25 bits per heavy atom. The first-order valence-corrected chi connectivity index (χ1v) is 6.61. The Bertz CT molecular complexity index is 558. The van der Waals surface area contributed by atoms with Crippen LogP contribution in [-0.4, -0.2) is 26.0 Å². The SMILES string of the molecule is COc1ccc(C2CC(=O)NC(=O)C2C)c(Cl)c1OC. The molecule has 2 rings (SSSR count). The number of carbonyl (C=O) groups excluding carboxylic acids is 2. The van der Waals surface area contributed by atoms with Crippen LogP contribution in [-0.2, 0) is 9.59 Å². The number of nitrogens with one attached hydrogen (secondary N) is 1. The van der Waals surface area contributed by atoms with E-state index in [-0.39, 0.29) is 30.1 Å². The van der Waals surface area contributed by atoms with Crippen molar-refractivity contribution in [2.45, 2.75) is 19.3 Å². The van der Waals surface area contributed by atoms with Gasteiger partial charge in [0.05, 0.1) is 19.2 Å². The third-order valence-corrected chi connectivity index (χ3v) is 3.99. The summed E-state index contributed by atoms with van der Waals surface area (Å²) in [4.78, 5) is 23.3. The molecule has 5 nitrogen and oxygen atoms in total. The van der Waals surface area contributed by atoms with E-state index in [1.165, 1.54) is 14.2 Å². The standard InChI is InChI=1S/C14H16ClNO4/c1-7-9(6-11(17)16-14(7)18)8-4-5-10(19-2)13(20-3)12(8)15/h4-5,7,9H,6H2,1-3H3,(H,16,17,18). The van der Waals surface area contributed by atoms with Crippen LogP contribution in [0.25, 0.3) is 0 Å². The average molecular weight is 298 g/mol. The molecule has 0 bridgehead atoms. The molecule has 2 atom stereocenters. The summed E-state index contributed by atoms with van der Waals surface area (Å²) in [5, 5.41) is 2.70. The number of methoxy groups -OCH3 is 2. The van der Waals surface area contributed by atoms with Gasteiger partial charge < -0.3 is 9.47 Å². The number of rotatable bonds is 3. The molecule has 2 unspecified atom stereocenters. The molecule has 6 heteroatoms. The van der Waals surface area contributed by atoms with Crippen LogP contribution >= 0.6 is 11.6 Å². The molecule has 1 heterocycles. The minimum absolute atomic E-state index is 0.224. The predicted octanol–water partition coefficient (Wildman–Crippen LogP) is 2.12. The molecular weight excluding hydrogens is 282 g/mol. The summed E-state index contributed by atoms with van der Waals surface area (Å²) >= 11 is 6.34. The summed E-state index contributed by atoms with van der Waals surface area (Å²) in [5.41, 5.74) is 0.722. The topological polar surface area (TPSA) is 64.6 Å². The van der Waals surface area contributed by atoms with Crippen molar-refractivity contribution in [2.75, 3.05) is 14.2 Å².